The third-order valence-electron chi connectivity index (χ3n) is 4.47. The number of nitrogens with zero attached hydrogens (tertiary/aromatic N) is 1. The molecule has 2 aromatic rings. The summed E-state index contributed by atoms with van der Waals surface area (Å²) in [6.07, 6.45) is 0.837. The van der Waals surface area contributed by atoms with Crippen LogP contribution in [0.1, 0.15) is 38.8 Å². The van der Waals surface area contributed by atoms with Crippen LogP contribution in [-0.2, 0) is 9.59 Å². The lowest BCUT2D eigenvalue weighted by molar-refractivity contribution is -0.117. The number of para-hydroxylation sites is 1. The summed E-state index contributed by atoms with van der Waals surface area (Å²) in [7, 11) is 0. The lowest BCUT2D eigenvalue weighted by Gasteiger charge is -2.39. The van der Waals surface area contributed by atoms with Crippen molar-refractivity contribution in [2.24, 2.45) is 0 Å². The Hall–Kier alpha value is -2.82. The number of fused-ring (bicyclic) bond motifs is 1. The van der Waals surface area contributed by atoms with Gasteiger partial charge < -0.3 is 15.5 Å². The van der Waals surface area contributed by atoms with Crippen molar-refractivity contribution in [1.29, 1.82) is 0 Å². The van der Waals surface area contributed by atoms with E-state index in [1.165, 1.54) is 6.92 Å². The van der Waals surface area contributed by atoms with E-state index in [-0.39, 0.29) is 23.9 Å². The fourth-order valence-electron chi connectivity index (χ4n) is 3.48. The van der Waals surface area contributed by atoms with Gasteiger partial charge in [0.1, 0.15) is 0 Å². The van der Waals surface area contributed by atoms with Crippen LogP contribution in [0.4, 0.5) is 17.1 Å². The molecule has 0 spiro atoms. The second kappa shape index (κ2) is 6.97. The fourth-order valence-corrected chi connectivity index (χ4v) is 3.48. The van der Waals surface area contributed by atoms with Crippen molar-refractivity contribution >= 4 is 28.9 Å². The third-order valence-corrected chi connectivity index (χ3v) is 4.47. The molecule has 0 saturated carbocycles. The number of benzene rings is 2. The minimum absolute atomic E-state index is 0.0676. The number of carbonyl (C=O) groups excluding carboxylic acids is 2. The molecule has 5 heteroatoms. The quantitative estimate of drug-likeness (QED) is 0.892. The van der Waals surface area contributed by atoms with E-state index in [1.807, 2.05) is 47.4 Å². The molecule has 130 valence electrons. The summed E-state index contributed by atoms with van der Waals surface area (Å²) in [5, 5.41) is 6.32. The summed E-state index contributed by atoms with van der Waals surface area (Å²) >= 11 is 0. The molecule has 5 nitrogen and oxygen atoms in total. The molecule has 1 heterocycles. The number of nitrogens with one attached hydrogen (secondary N) is 2. The molecular weight excluding hydrogens is 314 g/mol. The van der Waals surface area contributed by atoms with Gasteiger partial charge in [0.05, 0.1) is 6.04 Å². The van der Waals surface area contributed by atoms with E-state index in [0.29, 0.717) is 0 Å². The zero-order valence-electron chi connectivity index (χ0n) is 14.7. The zero-order valence-corrected chi connectivity index (χ0v) is 14.7. The molecule has 2 N–H and O–H groups in total. The molecule has 0 bridgehead atoms. The highest BCUT2D eigenvalue weighted by atomic mass is 16.2. The van der Waals surface area contributed by atoms with Crippen molar-refractivity contribution in [3.05, 3.63) is 54.1 Å². The molecule has 0 unspecified atom stereocenters. The van der Waals surface area contributed by atoms with Crippen molar-refractivity contribution in [1.82, 2.24) is 0 Å². The largest absolute Gasteiger partial charge is 0.378 e. The first-order chi connectivity index (χ1) is 12.0. The molecule has 0 saturated heterocycles. The van der Waals surface area contributed by atoms with Crippen LogP contribution in [0.2, 0.25) is 0 Å². The van der Waals surface area contributed by atoms with Gasteiger partial charge in [0.15, 0.2) is 0 Å². The van der Waals surface area contributed by atoms with Crippen LogP contribution in [0.3, 0.4) is 0 Å². The first kappa shape index (κ1) is 17.0. The molecule has 1 aliphatic heterocycles. The number of hydrogen-bond acceptors (Lipinski definition) is 3. The van der Waals surface area contributed by atoms with E-state index in [9.17, 15) is 9.59 Å². The average Bonchev–Trinajstić information content (AvgIpc) is 2.56. The van der Waals surface area contributed by atoms with Gasteiger partial charge in [-0.3, -0.25) is 9.59 Å². The molecule has 0 aliphatic carbocycles. The van der Waals surface area contributed by atoms with Crippen molar-refractivity contribution in [2.75, 3.05) is 15.5 Å². The first-order valence-corrected chi connectivity index (χ1v) is 8.48. The third kappa shape index (κ3) is 3.65. The minimum Gasteiger partial charge on any atom is -0.378 e. The van der Waals surface area contributed by atoms with Gasteiger partial charge in [-0.25, -0.2) is 0 Å². The number of carbonyl (C=O) groups is 2. The summed E-state index contributed by atoms with van der Waals surface area (Å²) in [4.78, 5) is 25.0. The van der Waals surface area contributed by atoms with Crippen molar-refractivity contribution < 1.29 is 9.59 Å². The van der Waals surface area contributed by atoms with E-state index in [0.717, 1.165) is 29.0 Å². The van der Waals surface area contributed by atoms with Crippen molar-refractivity contribution in [2.45, 2.75) is 39.3 Å². The van der Waals surface area contributed by atoms with Crippen molar-refractivity contribution in [3.63, 3.8) is 0 Å². The predicted octanol–water partition coefficient (Wildman–Crippen LogP) is 3.94. The Kier molecular flexibility index (Phi) is 4.74. The molecule has 2 aromatic carbocycles. The fraction of sp³-hybridized carbons (Fsp3) is 0.300. The Labute approximate surface area is 148 Å². The molecule has 2 atom stereocenters. The molecule has 0 fully saturated rings. The van der Waals surface area contributed by atoms with Crippen LogP contribution in [0.25, 0.3) is 0 Å². The van der Waals surface area contributed by atoms with Gasteiger partial charge >= 0.3 is 0 Å². The van der Waals surface area contributed by atoms with E-state index >= 15 is 0 Å². The highest BCUT2D eigenvalue weighted by Gasteiger charge is 2.31. The topological polar surface area (TPSA) is 61.4 Å². The van der Waals surface area contributed by atoms with Crippen LogP contribution in [-0.4, -0.2) is 17.9 Å². The minimum atomic E-state index is -0.0833. The van der Waals surface area contributed by atoms with Gasteiger partial charge in [0.2, 0.25) is 11.8 Å². The SMILES string of the molecule is CC(=O)Nc1ccc(N[C@H]2C[C@@H](C)N(C(C)=O)c3ccccc32)cc1. The molecule has 0 aromatic heterocycles. The Bertz CT molecular complexity index is 786. The molecule has 2 amide bonds. The lowest BCUT2D eigenvalue weighted by Crippen LogP contribution is -2.43. The van der Waals surface area contributed by atoms with Gasteiger partial charge in [-0.2, -0.15) is 0 Å². The molecule has 25 heavy (non-hydrogen) atoms. The van der Waals surface area contributed by atoms with Crippen LogP contribution >= 0.6 is 0 Å². The van der Waals surface area contributed by atoms with Crippen LogP contribution in [0.15, 0.2) is 48.5 Å². The molecule has 1 aliphatic rings. The molecule has 0 radical (unpaired) electrons. The first-order valence-electron chi connectivity index (χ1n) is 8.48. The number of anilines is 3. The van der Waals surface area contributed by atoms with E-state index in [1.54, 1.807) is 6.92 Å². The van der Waals surface area contributed by atoms with E-state index < -0.39 is 0 Å². The summed E-state index contributed by atoms with van der Waals surface area (Å²) in [5.74, 6) is -0.0156. The number of hydrogen-bond donors (Lipinski definition) is 2. The molecule has 3 rings (SSSR count). The summed E-state index contributed by atoms with van der Waals surface area (Å²) in [5.41, 5.74) is 3.86. The van der Waals surface area contributed by atoms with Gasteiger partial charge in [0.25, 0.3) is 0 Å². The molecular formula is C20H23N3O2. The monoisotopic (exact) mass is 337 g/mol. The Balaban J connectivity index is 1.84. The Morgan fingerprint density at radius 1 is 1.00 bits per heavy atom. The number of amides is 2. The van der Waals surface area contributed by atoms with Gasteiger partial charge in [-0.05, 0) is 49.2 Å². The maximum Gasteiger partial charge on any atom is 0.224 e. The highest BCUT2D eigenvalue weighted by molar-refractivity contribution is 5.93. The lowest BCUT2D eigenvalue weighted by atomic mass is 9.91. The maximum absolute atomic E-state index is 12.0. The standard InChI is InChI=1S/C20H23N3O2/c1-13-12-19(18-6-4-5-7-20(18)23(13)15(3)25)22-17-10-8-16(9-11-17)21-14(2)24/h4-11,13,19,22H,12H2,1-3H3,(H,21,24)/t13-,19+/m1/s1. The summed E-state index contributed by atoms with van der Waals surface area (Å²) in [6.45, 7) is 5.18. The Morgan fingerprint density at radius 3 is 2.28 bits per heavy atom. The second-order valence-corrected chi connectivity index (χ2v) is 6.49. The highest BCUT2D eigenvalue weighted by Crippen LogP contribution is 2.38. The van der Waals surface area contributed by atoms with Gasteiger partial charge in [-0.1, -0.05) is 18.2 Å². The van der Waals surface area contributed by atoms with Crippen LogP contribution in [0, 0.1) is 0 Å². The Morgan fingerprint density at radius 2 is 1.64 bits per heavy atom. The average molecular weight is 337 g/mol. The van der Waals surface area contributed by atoms with Gasteiger partial charge in [-0.15, -0.1) is 0 Å². The normalized spacial score (nSPS) is 19.1. The smallest absolute Gasteiger partial charge is 0.224 e. The summed E-state index contributed by atoms with van der Waals surface area (Å²) < 4.78 is 0. The number of rotatable bonds is 3. The van der Waals surface area contributed by atoms with Crippen LogP contribution < -0.4 is 15.5 Å². The van der Waals surface area contributed by atoms with Gasteiger partial charge in [0, 0.05) is 37.0 Å². The predicted molar refractivity (Wildman–Crippen MR) is 101 cm³/mol. The zero-order chi connectivity index (χ0) is 18.0. The second-order valence-electron chi connectivity index (χ2n) is 6.49. The van der Waals surface area contributed by atoms with E-state index in [2.05, 4.69) is 23.6 Å². The van der Waals surface area contributed by atoms with E-state index in [4.69, 9.17) is 0 Å². The van der Waals surface area contributed by atoms with Crippen molar-refractivity contribution in [3.8, 4) is 0 Å². The van der Waals surface area contributed by atoms with Crippen LogP contribution in [0.5, 0.6) is 0 Å². The maximum atomic E-state index is 12.0. The summed E-state index contributed by atoms with van der Waals surface area (Å²) in [6, 6.07) is 16.0.